The van der Waals surface area contributed by atoms with Gasteiger partial charge in [0.2, 0.25) is 0 Å². The molecule has 1 aromatic heterocycles. The van der Waals surface area contributed by atoms with Crippen LogP contribution in [0, 0.1) is 5.92 Å². The Balaban J connectivity index is 2.81. The van der Waals surface area contributed by atoms with Crippen molar-refractivity contribution in [3.8, 4) is 0 Å². The summed E-state index contributed by atoms with van der Waals surface area (Å²) in [5.41, 5.74) is 0.547. The first-order valence-electron chi connectivity index (χ1n) is 6.78. The Kier molecular flexibility index (Phi) is 5.47. The minimum Gasteiger partial charge on any atom is -0.308 e. The van der Waals surface area contributed by atoms with Crippen LogP contribution in [0.25, 0.3) is 0 Å². The molecule has 0 fully saturated rings. The number of nitrogens with one attached hydrogen (secondary N) is 1. The molecule has 110 valence electrons. The van der Waals surface area contributed by atoms with Crippen molar-refractivity contribution in [1.82, 2.24) is 15.1 Å². The fourth-order valence-corrected chi connectivity index (χ4v) is 1.74. The van der Waals surface area contributed by atoms with Crippen molar-refractivity contribution in [3.05, 3.63) is 17.5 Å². The third kappa shape index (κ3) is 5.27. The van der Waals surface area contributed by atoms with Gasteiger partial charge in [0, 0.05) is 24.2 Å². The molecule has 0 aromatic carbocycles. The highest BCUT2D eigenvalue weighted by Gasteiger charge is 2.21. The maximum absolute atomic E-state index is 13.2. The Morgan fingerprint density at radius 2 is 1.95 bits per heavy atom. The van der Waals surface area contributed by atoms with Crippen LogP contribution in [0.5, 0.6) is 0 Å². The van der Waals surface area contributed by atoms with Gasteiger partial charge in [-0.05, 0) is 33.1 Å². The second kappa shape index (κ2) is 6.46. The molecule has 0 aliphatic rings. The quantitative estimate of drug-likeness (QED) is 0.855. The van der Waals surface area contributed by atoms with E-state index in [4.69, 9.17) is 0 Å². The average Bonchev–Trinajstić information content (AvgIpc) is 2.65. The lowest BCUT2D eigenvalue weighted by Crippen LogP contribution is -2.35. The van der Waals surface area contributed by atoms with Gasteiger partial charge in [-0.3, -0.25) is 4.68 Å². The Bertz CT molecular complexity index is 392. The zero-order valence-corrected chi connectivity index (χ0v) is 12.5. The summed E-state index contributed by atoms with van der Waals surface area (Å²) < 4.78 is 27.8. The van der Waals surface area contributed by atoms with Crippen molar-refractivity contribution >= 4 is 0 Å². The molecule has 0 saturated heterocycles. The second-order valence-electron chi connectivity index (χ2n) is 6.36. The van der Waals surface area contributed by atoms with Crippen LogP contribution in [0.4, 0.5) is 8.78 Å². The molecule has 0 bridgehead atoms. The molecule has 19 heavy (non-hydrogen) atoms. The molecule has 1 aromatic rings. The van der Waals surface area contributed by atoms with Crippen molar-refractivity contribution < 1.29 is 8.78 Å². The van der Waals surface area contributed by atoms with E-state index < -0.39 is 6.43 Å². The molecular weight excluding hydrogens is 248 g/mol. The zero-order valence-electron chi connectivity index (χ0n) is 12.5. The van der Waals surface area contributed by atoms with E-state index in [-0.39, 0.29) is 11.2 Å². The summed E-state index contributed by atoms with van der Waals surface area (Å²) in [5.74, 6) is 0.478. The van der Waals surface area contributed by atoms with Crippen molar-refractivity contribution in [2.24, 2.45) is 5.92 Å². The van der Waals surface area contributed by atoms with Gasteiger partial charge in [-0.15, -0.1) is 0 Å². The lowest BCUT2D eigenvalue weighted by molar-refractivity contribution is 0.136. The average molecular weight is 273 g/mol. The van der Waals surface area contributed by atoms with Gasteiger partial charge in [0.1, 0.15) is 5.69 Å². The molecule has 0 spiro atoms. The highest BCUT2D eigenvalue weighted by atomic mass is 19.3. The fourth-order valence-electron chi connectivity index (χ4n) is 1.74. The number of halogens is 2. The molecule has 0 amide bonds. The third-order valence-corrected chi connectivity index (χ3v) is 2.89. The standard InChI is InChI=1S/C14H25F2N3/c1-10(2)6-7-19-12(13(15)16)11(9-18-19)8-17-14(3,4)5/h9-10,13,17H,6-8H2,1-5H3. The number of nitrogens with zero attached hydrogens (tertiary/aromatic N) is 2. The minimum absolute atomic E-state index is 0.0531. The van der Waals surface area contributed by atoms with Crippen molar-refractivity contribution in [2.75, 3.05) is 0 Å². The minimum atomic E-state index is -2.48. The number of alkyl halides is 2. The summed E-state index contributed by atoms with van der Waals surface area (Å²) >= 11 is 0. The molecule has 1 heterocycles. The van der Waals surface area contributed by atoms with Crippen LogP contribution in [0.1, 0.15) is 58.7 Å². The molecule has 1 rings (SSSR count). The Morgan fingerprint density at radius 1 is 1.32 bits per heavy atom. The van der Waals surface area contributed by atoms with Gasteiger partial charge in [0.05, 0.1) is 6.20 Å². The topological polar surface area (TPSA) is 29.9 Å². The van der Waals surface area contributed by atoms with Gasteiger partial charge in [-0.25, -0.2) is 8.78 Å². The zero-order chi connectivity index (χ0) is 14.6. The van der Waals surface area contributed by atoms with Gasteiger partial charge in [-0.1, -0.05) is 13.8 Å². The second-order valence-corrected chi connectivity index (χ2v) is 6.36. The molecule has 0 atom stereocenters. The number of aromatic nitrogens is 2. The van der Waals surface area contributed by atoms with E-state index in [2.05, 4.69) is 24.3 Å². The van der Waals surface area contributed by atoms with Crippen LogP contribution in [0.3, 0.4) is 0 Å². The first-order chi connectivity index (χ1) is 8.70. The van der Waals surface area contributed by atoms with Gasteiger partial charge in [0.15, 0.2) is 0 Å². The molecule has 5 heteroatoms. The highest BCUT2D eigenvalue weighted by molar-refractivity contribution is 5.19. The molecule has 1 N–H and O–H groups in total. The summed E-state index contributed by atoms with van der Waals surface area (Å²) in [7, 11) is 0. The maximum Gasteiger partial charge on any atom is 0.280 e. The summed E-state index contributed by atoms with van der Waals surface area (Å²) in [4.78, 5) is 0. The monoisotopic (exact) mass is 273 g/mol. The predicted molar refractivity (Wildman–Crippen MR) is 73.2 cm³/mol. The lowest BCUT2D eigenvalue weighted by Gasteiger charge is -2.20. The SMILES string of the molecule is CC(C)CCn1ncc(CNC(C)(C)C)c1C(F)F. The van der Waals surface area contributed by atoms with Crippen molar-refractivity contribution in [2.45, 2.75) is 66.1 Å². The fraction of sp³-hybridized carbons (Fsp3) is 0.786. The highest BCUT2D eigenvalue weighted by Crippen LogP contribution is 2.24. The number of rotatable bonds is 6. The van der Waals surface area contributed by atoms with Gasteiger partial charge in [-0.2, -0.15) is 5.10 Å². The largest absolute Gasteiger partial charge is 0.308 e. The van der Waals surface area contributed by atoms with Gasteiger partial charge < -0.3 is 5.32 Å². The molecule has 0 saturated carbocycles. The summed E-state index contributed by atoms with van der Waals surface area (Å²) in [6.45, 7) is 11.2. The molecular formula is C14H25F2N3. The van der Waals surface area contributed by atoms with E-state index in [1.165, 1.54) is 4.68 Å². The number of hydrogen-bond acceptors (Lipinski definition) is 2. The van der Waals surface area contributed by atoms with Crippen molar-refractivity contribution in [3.63, 3.8) is 0 Å². The van der Waals surface area contributed by atoms with Crippen LogP contribution in [0.15, 0.2) is 6.20 Å². The molecule has 0 aliphatic carbocycles. The Labute approximate surface area is 114 Å². The number of hydrogen-bond donors (Lipinski definition) is 1. The van der Waals surface area contributed by atoms with E-state index in [1.807, 2.05) is 20.8 Å². The Hall–Kier alpha value is -0.970. The van der Waals surface area contributed by atoms with Gasteiger partial charge >= 0.3 is 0 Å². The maximum atomic E-state index is 13.2. The first-order valence-corrected chi connectivity index (χ1v) is 6.78. The normalized spacial score (nSPS) is 12.7. The smallest absolute Gasteiger partial charge is 0.280 e. The molecule has 0 unspecified atom stereocenters. The summed E-state index contributed by atoms with van der Waals surface area (Å²) in [6.07, 6.45) is -0.0693. The Morgan fingerprint density at radius 3 is 2.42 bits per heavy atom. The van der Waals surface area contributed by atoms with Crippen LogP contribution >= 0.6 is 0 Å². The van der Waals surface area contributed by atoms with E-state index in [1.54, 1.807) is 6.20 Å². The summed E-state index contributed by atoms with van der Waals surface area (Å²) in [6, 6.07) is 0. The van der Waals surface area contributed by atoms with Gasteiger partial charge in [0.25, 0.3) is 6.43 Å². The molecule has 3 nitrogen and oxygen atoms in total. The van der Waals surface area contributed by atoms with Crippen LogP contribution < -0.4 is 5.32 Å². The molecule has 0 radical (unpaired) electrons. The van der Waals surface area contributed by atoms with E-state index in [0.29, 0.717) is 24.6 Å². The first kappa shape index (κ1) is 16.1. The molecule has 0 aliphatic heterocycles. The van der Waals surface area contributed by atoms with E-state index in [0.717, 1.165) is 6.42 Å². The third-order valence-electron chi connectivity index (χ3n) is 2.89. The lowest BCUT2D eigenvalue weighted by atomic mass is 10.1. The summed E-state index contributed by atoms with van der Waals surface area (Å²) in [5, 5.41) is 7.33. The van der Waals surface area contributed by atoms with Crippen LogP contribution in [-0.2, 0) is 13.1 Å². The van der Waals surface area contributed by atoms with E-state index in [9.17, 15) is 8.78 Å². The van der Waals surface area contributed by atoms with E-state index >= 15 is 0 Å². The van der Waals surface area contributed by atoms with Crippen LogP contribution in [0.2, 0.25) is 0 Å². The number of aryl methyl sites for hydroxylation is 1. The van der Waals surface area contributed by atoms with Crippen molar-refractivity contribution in [1.29, 1.82) is 0 Å². The predicted octanol–water partition coefficient (Wildman–Crippen LogP) is 3.75. The van der Waals surface area contributed by atoms with Crippen LogP contribution in [-0.4, -0.2) is 15.3 Å².